The Morgan fingerprint density at radius 1 is 1.19 bits per heavy atom. The first kappa shape index (κ1) is 20.5. The Labute approximate surface area is 154 Å². The van der Waals surface area contributed by atoms with Crippen molar-refractivity contribution >= 4 is 15.9 Å². The number of morpholine rings is 1. The minimum Gasteiger partial charge on any atom is -0.493 e. The number of hydrogen-bond donors (Lipinski definition) is 1. The maximum Gasteiger partial charge on any atom is 0.251 e. The van der Waals surface area contributed by atoms with E-state index in [1.807, 2.05) is 13.8 Å². The van der Waals surface area contributed by atoms with Gasteiger partial charge in [0.05, 0.1) is 32.2 Å². The van der Waals surface area contributed by atoms with E-state index < -0.39 is 10.0 Å². The summed E-state index contributed by atoms with van der Waals surface area (Å²) >= 11 is 0. The van der Waals surface area contributed by atoms with Crippen LogP contribution in [0.1, 0.15) is 24.2 Å². The van der Waals surface area contributed by atoms with Gasteiger partial charge < -0.3 is 19.5 Å². The van der Waals surface area contributed by atoms with Crippen molar-refractivity contribution in [2.45, 2.75) is 26.1 Å². The SMILES string of the molecule is COc1ccc(C(=O)NCCS(=O)(=O)N2C[C@@H](C)O[C@H](C)C2)cc1OC. The van der Waals surface area contributed by atoms with Crippen LogP contribution in [0.4, 0.5) is 0 Å². The summed E-state index contributed by atoms with van der Waals surface area (Å²) in [5.74, 6) is 0.418. The summed E-state index contributed by atoms with van der Waals surface area (Å²) in [5, 5.41) is 2.63. The van der Waals surface area contributed by atoms with Gasteiger partial charge in [-0.05, 0) is 32.0 Å². The first-order chi connectivity index (χ1) is 12.3. The minimum absolute atomic E-state index is 0.0234. The summed E-state index contributed by atoms with van der Waals surface area (Å²) in [6, 6.07) is 4.77. The number of ether oxygens (including phenoxy) is 3. The molecule has 0 aromatic heterocycles. The predicted octanol–water partition coefficient (Wildman–Crippen LogP) is 0.873. The van der Waals surface area contributed by atoms with Crippen LogP contribution in [0.2, 0.25) is 0 Å². The maximum absolute atomic E-state index is 12.5. The molecule has 1 N–H and O–H groups in total. The molecule has 0 radical (unpaired) electrons. The molecule has 2 rings (SSSR count). The molecule has 9 heteroatoms. The number of benzene rings is 1. The van der Waals surface area contributed by atoms with Crippen LogP contribution in [0.25, 0.3) is 0 Å². The number of carbonyl (C=O) groups is 1. The fourth-order valence-electron chi connectivity index (χ4n) is 2.86. The Balaban J connectivity index is 1.93. The van der Waals surface area contributed by atoms with Gasteiger partial charge in [-0.3, -0.25) is 4.79 Å². The van der Waals surface area contributed by atoms with Crippen molar-refractivity contribution in [3.63, 3.8) is 0 Å². The van der Waals surface area contributed by atoms with E-state index in [1.165, 1.54) is 18.5 Å². The molecule has 0 aliphatic carbocycles. The van der Waals surface area contributed by atoms with Crippen molar-refractivity contribution in [2.75, 3.05) is 39.6 Å². The van der Waals surface area contributed by atoms with Crippen molar-refractivity contribution in [1.82, 2.24) is 9.62 Å². The second kappa shape index (κ2) is 8.70. The molecular weight excluding hydrogens is 360 g/mol. The second-order valence-electron chi connectivity index (χ2n) is 6.22. The number of carbonyl (C=O) groups excluding carboxylic acids is 1. The summed E-state index contributed by atoms with van der Waals surface area (Å²) in [5.41, 5.74) is 0.369. The van der Waals surface area contributed by atoms with Crippen LogP contribution in [0.3, 0.4) is 0 Å². The summed E-state index contributed by atoms with van der Waals surface area (Å²) in [4.78, 5) is 12.2. The van der Waals surface area contributed by atoms with Gasteiger partial charge in [-0.25, -0.2) is 8.42 Å². The topological polar surface area (TPSA) is 94.2 Å². The first-order valence-corrected chi connectivity index (χ1v) is 10.0. The van der Waals surface area contributed by atoms with Crippen LogP contribution in [-0.2, 0) is 14.8 Å². The lowest BCUT2D eigenvalue weighted by atomic mass is 10.2. The third-order valence-corrected chi connectivity index (χ3v) is 5.88. The molecule has 8 nitrogen and oxygen atoms in total. The number of methoxy groups -OCH3 is 2. The highest BCUT2D eigenvalue weighted by molar-refractivity contribution is 7.89. The molecule has 1 fully saturated rings. The molecule has 1 amide bonds. The van der Waals surface area contributed by atoms with E-state index in [0.717, 1.165) is 0 Å². The van der Waals surface area contributed by atoms with Crippen LogP contribution < -0.4 is 14.8 Å². The molecule has 1 heterocycles. The monoisotopic (exact) mass is 386 g/mol. The number of sulfonamides is 1. The lowest BCUT2D eigenvalue weighted by molar-refractivity contribution is -0.0440. The zero-order valence-corrected chi connectivity index (χ0v) is 16.3. The molecule has 146 valence electrons. The Morgan fingerprint density at radius 2 is 1.81 bits per heavy atom. The smallest absolute Gasteiger partial charge is 0.251 e. The standard InChI is InChI=1S/C17H26N2O6S/c1-12-10-19(11-13(2)25-12)26(21,22)8-7-18-17(20)14-5-6-15(23-3)16(9-14)24-4/h5-6,9,12-13H,7-8,10-11H2,1-4H3,(H,18,20)/t12-,13-/m1/s1. The average molecular weight is 386 g/mol. The molecule has 1 aliphatic rings. The Bertz CT molecular complexity index is 727. The first-order valence-electron chi connectivity index (χ1n) is 8.40. The number of rotatable bonds is 7. The lowest BCUT2D eigenvalue weighted by Crippen LogP contribution is -2.49. The van der Waals surface area contributed by atoms with E-state index in [9.17, 15) is 13.2 Å². The van der Waals surface area contributed by atoms with Crippen LogP contribution in [0.15, 0.2) is 18.2 Å². The summed E-state index contributed by atoms with van der Waals surface area (Å²) in [7, 11) is -0.464. The minimum atomic E-state index is -3.46. The van der Waals surface area contributed by atoms with Gasteiger partial charge >= 0.3 is 0 Å². The van der Waals surface area contributed by atoms with Crippen molar-refractivity contribution in [2.24, 2.45) is 0 Å². The molecule has 26 heavy (non-hydrogen) atoms. The normalized spacial score (nSPS) is 21.2. The zero-order valence-electron chi connectivity index (χ0n) is 15.5. The van der Waals surface area contributed by atoms with E-state index in [4.69, 9.17) is 14.2 Å². The van der Waals surface area contributed by atoms with Gasteiger partial charge in [0, 0.05) is 25.2 Å². The largest absolute Gasteiger partial charge is 0.493 e. The molecule has 1 aliphatic heterocycles. The molecule has 0 bridgehead atoms. The summed E-state index contributed by atoms with van der Waals surface area (Å²) in [6.07, 6.45) is -0.287. The van der Waals surface area contributed by atoms with Crippen LogP contribution >= 0.6 is 0 Å². The van der Waals surface area contributed by atoms with E-state index in [-0.39, 0.29) is 30.4 Å². The van der Waals surface area contributed by atoms with Gasteiger partial charge in [0.25, 0.3) is 5.91 Å². The molecule has 0 unspecified atom stereocenters. The zero-order chi connectivity index (χ0) is 19.3. The molecule has 0 saturated carbocycles. The second-order valence-corrected chi connectivity index (χ2v) is 8.30. The Hall–Kier alpha value is -1.84. The molecule has 0 spiro atoms. The molecule has 1 aromatic rings. The van der Waals surface area contributed by atoms with Gasteiger partial charge in [-0.2, -0.15) is 4.31 Å². The third kappa shape index (κ3) is 5.09. The number of nitrogens with zero attached hydrogens (tertiary/aromatic N) is 1. The average Bonchev–Trinajstić information content (AvgIpc) is 2.60. The van der Waals surface area contributed by atoms with Crippen LogP contribution in [-0.4, -0.2) is 70.4 Å². The van der Waals surface area contributed by atoms with Crippen molar-refractivity contribution < 1.29 is 27.4 Å². The van der Waals surface area contributed by atoms with Gasteiger partial charge in [-0.15, -0.1) is 0 Å². The fourth-order valence-corrected chi connectivity index (χ4v) is 4.35. The quantitative estimate of drug-likeness (QED) is 0.747. The maximum atomic E-state index is 12.5. The van der Waals surface area contributed by atoms with E-state index in [0.29, 0.717) is 30.2 Å². The molecule has 2 atom stereocenters. The van der Waals surface area contributed by atoms with Gasteiger partial charge in [0.1, 0.15) is 0 Å². The van der Waals surface area contributed by atoms with Crippen LogP contribution in [0.5, 0.6) is 11.5 Å². The lowest BCUT2D eigenvalue weighted by Gasteiger charge is -2.34. The Morgan fingerprint density at radius 3 is 2.38 bits per heavy atom. The van der Waals surface area contributed by atoms with Gasteiger partial charge in [-0.1, -0.05) is 0 Å². The third-order valence-electron chi connectivity index (χ3n) is 4.07. The van der Waals surface area contributed by atoms with Crippen LogP contribution in [0, 0.1) is 0 Å². The fraction of sp³-hybridized carbons (Fsp3) is 0.588. The van der Waals surface area contributed by atoms with Crippen molar-refractivity contribution in [3.8, 4) is 11.5 Å². The summed E-state index contributed by atoms with van der Waals surface area (Å²) < 4.78 is 42.2. The highest BCUT2D eigenvalue weighted by Gasteiger charge is 2.30. The number of amides is 1. The summed E-state index contributed by atoms with van der Waals surface area (Å²) in [6.45, 7) is 4.37. The van der Waals surface area contributed by atoms with Crippen molar-refractivity contribution in [3.05, 3.63) is 23.8 Å². The number of hydrogen-bond acceptors (Lipinski definition) is 6. The van der Waals surface area contributed by atoms with Crippen molar-refractivity contribution in [1.29, 1.82) is 0 Å². The molecule has 1 aromatic carbocycles. The number of nitrogens with one attached hydrogen (secondary N) is 1. The molecule has 1 saturated heterocycles. The van der Waals surface area contributed by atoms with Gasteiger partial charge in [0.15, 0.2) is 11.5 Å². The predicted molar refractivity (Wildman–Crippen MR) is 97.2 cm³/mol. The van der Waals surface area contributed by atoms with E-state index >= 15 is 0 Å². The molecular formula is C17H26N2O6S. The van der Waals surface area contributed by atoms with Gasteiger partial charge in [0.2, 0.25) is 10.0 Å². The van der Waals surface area contributed by atoms with E-state index in [1.54, 1.807) is 18.2 Å². The highest BCUT2D eigenvalue weighted by Crippen LogP contribution is 2.27. The highest BCUT2D eigenvalue weighted by atomic mass is 32.2. The Kier molecular flexibility index (Phi) is 6.85. The van der Waals surface area contributed by atoms with E-state index in [2.05, 4.69) is 5.32 Å².